The first-order chi connectivity index (χ1) is 9.71. The van der Waals surface area contributed by atoms with Crippen LogP contribution in [0.4, 0.5) is 5.69 Å². The highest BCUT2D eigenvalue weighted by atomic mass is 16.7. The zero-order valence-corrected chi connectivity index (χ0v) is 12.3. The minimum atomic E-state index is -0.270. The molecule has 20 heavy (non-hydrogen) atoms. The van der Waals surface area contributed by atoms with Crippen molar-refractivity contribution in [1.29, 1.82) is 0 Å². The fourth-order valence-corrected chi connectivity index (χ4v) is 3.19. The van der Waals surface area contributed by atoms with Crippen LogP contribution >= 0.6 is 0 Å². The number of rotatable bonds is 3. The van der Waals surface area contributed by atoms with Crippen molar-refractivity contribution in [3.05, 3.63) is 23.8 Å². The van der Waals surface area contributed by atoms with Crippen molar-refractivity contribution in [3.8, 4) is 5.75 Å². The molecule has 1 N–H and O–H groups in total. The van der Waals surface area contributed by atoms with Crippen molar-refractivity contribution in [3.63, 3.8) is 0 Å². The van der Waals surface area contributed by atoms with Gasteiger partial charge in [-0.2, -0.15) is 0 Å². The molecule has 1 saturated carbocycles. The van der Waals surface area contributed by atoms with Crippen LogP contribution in [0.25, 0.3) is 0 Å². The predicted octanol–water partition coefficient (Wildman–Crippen LogP) is 3.10. The summed E-state index contributed by atoms with van der Waals surface area (Å²) >= 11 is 0. The van der Waals surface area contributed by atoms with E-state index in [2.05, 4.69) is 24.4 Å². The third kappa shape index (κ3) is 2.76. The van der Waals surface area contributed by atoms with Crippen molar-refractivity contribution in [2.45, 2.75) is 44.4 Å². The third-order valence-corrected chi connectivity index (χ3v) is 4.33. The van der Waals surface area contributed by atoms with Crippen molar-refractivity contribution in [1.82, 2.24) is 0 Å². The van der Waals surface area contributed by atoms with E-state index >= 15 is 0 Å². The Balaban J connectivity index is 1.58. The molecule has 2 fully saturated rings. The Kier molecular flexibility index (Phi) is 3.85. The van der Waals surface area contributed by atoms with Gasteiger partial charge in [0.25, 0.3) is 0 Å². The number of hydrogen-bond donors (Lipinski definition) is 1. The zero-order valence-electron chi connectivity index (χ0n) is 12.3. The van der Waals surface area contributed by atoms with E-state index in [0.29, 0.717) is 6.04 Å². The number of aryl methyl sites for hydroxylation is 1. The van der Waals surface area contributed by atoms with Gasteiger partial charge in [0.05, 0.1) is 20.3 Å². The lowest BCUT2D eigenvalue weighted by Gasteiger charge is -2.36. The summed E-state index contributed by atoms with van der Waals surface area (Å²) in [6.07, 6.45) is 4.15. The van der Waals surface area contributed by atoms with Gasteiger partial charge in [0.1, 0.15) is 5.75 Å². The molecule has 0 atom stereocenters. The lowest BCUT2D eigenvalue weighted by Crippen LogP contribution is -2.39. The second-order valence-electron chi connectivity index (χ2n) is 5.71. The number of nitrogens with one attached hydrogen (secondary N) is 1. The van der Waals surface area contributed by atoms with E-state index in [0.717, 1.165) is 55.9 Å². The maximum Gasteiger partial charge on any atom is 0.168 e. The quantitative estimate of drug-likeness (QED) is 0.921. The van der Waals surface area contributed by atoms with Gasteiger partial charge in [0.15, 0.2) is 5.79 Å². The van der Waals surface area contributed by atoms with E-state index in [1.54, 1.807) is 7.11 Å². The second kappa shape index (κ2) is 5.62. The van der Waals surface area contributed by atoms with Gasteiger partial charge in [0, 0.05) is 24.6 Å². The van der Waals surface area contributed by atoms with Gasteiger partial charge in [-0.15, -0.1) is 0 Å². The normalized spacial score (nSPS) is 22.1. The highest BCUT2D eigenvalue weighted by Crippen LogP contribution is 2.36. The van der Waals surface area contributed by atoms with Crippen LogP contribution in [0.3, 0.4) is 0 Å². The van der Waals surface area contributed by atoms with Crippen molar-refractivity contribution >= 4 is 5.69 Å². The monoisotopic (exact) mass is 277 g/mol. The lowest BCUT2D eigenvalue weighted by molar-refractivity contribution is -0.177. The van der Waals surface area contributed by atoms with Gasteiger partial charge < -0.3 is 19.5 Å². The summed E-state index contributed by atoms with van der Waals surface area (Å²) in [7, 11) is 1.71. The molecule has 4 heteroatoms. The molecule has 0 unspecified atom stereocenters. The molecule has 1 spiro atoms. The molecule has 2 aliphatic rings. The SMILES string of the molecule is COc1ccc(NC2CCC3(CC2)OCCO3)cc1C. The molecule has 0 radical (unpaired) electrons. The first kappa shape index (κ1) is 13.7. The summed E-state index contributed by atoms with van der Waals surface area (Å²) in [5.74, 6) is 0.666. The number of hydrogen-bond acceptors (Lipinski definition) is 4. The summed E-state index contributed by atoms with van der Waals surface area (Å²) < 4.78 is 16.8. The van der Waals surface area contributed by atoms with E-state index in [4.69, 9.17) is 14.2 Å². The van der Waals surface area contributed by atoms with Crippen LogP contribution in [0.15, 0.2) is 18.2 Å². The van der Waals surface area contributed by atoms with Crippen molar-refractivity contribution in [2.24, 2.45) is 0 Å². The van der Waals surface area contributed by atoms with E-state index in [1.807, 2.05) is 6.07 Å². The van der Waals surface area contributed by atoms with Crippen molar-refractivity contribution < 1.29 is 14.2 Å². The molecule has 1 saturated heterocycles. The topological polar surface area (TPSA) is 39.7 Å². The summed E-state index contributed by atoms with van der Waals surface area (Å²) in [6.45, 7) is 3.56. The number of ether oxygens (including phenoxy) is 3. The standard InChI is InChI=1S/C16H23NO3/c1-12-11-14(3-4-15(12)18-2)17-13-5-7-16(8-6-13)19-9-10-20-16/h3-4,11,13,17H,5-10H2,1-2H3. The van der Waals surface area contributed by atoms with Gasteiger partial charge in [-0.1, -0.05) is 0 Å². The van der Waals surface area contributed by atoms with Crippen LogP contribution in [-0.2, 0) is 9.47 Å². The number of benzene rings is 1. The zero-order chi connectivity index (χ0) is 14.0. The Morgan fingerprint density at radius 2 is 1.90 bits per heavy atom. The van der Waals surface area contributed by atoms with Gasteiger partial charge in [-0.25, -0.2) is 0 Å². The summed E-state index contributed by atoms with van der Waals surface area (Å²) in [5, 5.41) is 3.61. The molecular weight excluding hydrogens is 254 g/mol. The molecule has 1 aliphatic heterocycles. The van der Waals surface area contributed by atoms with E-state index in [1.165, 1.54) is 0 Å². The fourth-order valence-electron chi connectivity index (χ4n) is 3.19. The molecule has 1 aliphatic carbocycles. The molecule has 1 aromatic carbocycles. The summed E-state index contributed by atoms with van der Waals surface area (Å²) in [4.78, 5) is 0. The fraction of sp³-hybridized carbons (Fsp3) is 0.625. The predicted molar refractivity (Wildman–Crippen MR) is 78.2 cm³/mol. The Morgan fingerprint density at radius 1 is 1.20 bits per heavy atom. The van der Waals surface area contributed by atoms with E-state index < -0.39 is 0 Å². The van der Waals surface area contributed by atoms with Crippen molar-refractivity contribution in [2.75, 3.05) is 25.6 Å². The van der Waals surface area contributed by atoms with Crippen LogP contribution in [0, 0.1) is 6.92 Å². The highest BCUT2D eigenvalue weighted by Gasteiger charge is 2.40. The van der Waals surface area contributed by atoms with Crippen LogP contribution in [0.1, 0.15) is 31.2 Å². The Hall–Kier alpha value is -1.26. The molecule has 0 amide bonds. The molecule has 110 valence electrons. The summed E-state index contributed by atoms with van der Waals surface area (Å²) in [5.41, 5.74) is 2.32. The molecule has 1 aromatic rings. The number of methoxy groups -OCH3 is 1. The van der Waals surface area contributed by atoms with E-state index in [9.17, 15) is 0 Å². The first-order valence-corrected chi connectivity index (χ1v) is 7.40. The first-order valence-electron chi connectivity index (χ1n) is 7.40. The summed E-state index contributed by atoms with van der Waals surface area (Å²) in [6, 6.07) is 6.75. The molecule has 3 rings (SSSR count). The number of anilines is 1. The van der Waals surface area contributed by atoms with Crippen LogP contribution in [0.5, 0.6) is 5.75 Å². The smallest absolute Gasteiger partial charge is 0.168 e. The average Bonchev–Trinajstić information content (AvgIpc) is 2.90. The van der Waals surface area contributed by atoms with Gasteiger partial charge in [-0.3, -0.25) is 0 Å². The van der Waals surface area contributed by atoms with Gasteiger partial charge in [0.2, 0.25) is 0 Å². The minimum absolute atomic E-state index is 0.270. The molecule has 0 aromatic heterocycles. The molecule has 1 heterocycles. The Labute approximate surface area is 120 Å². The van der Waals surface area contributed by atoms with Gasteiger partial charge >= 0.3 is 0 Å². The maximum atomic E-state index is 5.76. The molecule has 0 bridgehead atoms. The van der Waals surface area contributed by atoms with Crippen LogP contribution < -0.4 is 10.1 Å². The lowest BCUT2D eigenvalue weighted by atomic mass is 9.90. The second-order valence-corrected chi connectivity index (χ2v) is 5.71. The Morgan fingerprint density at radius 3 is 2.50 bits per heavy atom. The van der Waals surface area contributed by atoms with Crippen LogP contribution in [-0.4, -0.2) is 32.2 Å². The van der Waals surface area contributed by atoms with Crippen LogP contribution in [0.2, 0.25) is 0 Å². The minimum Gasteiger partial charge on any atom is -0.496 e. The maximum absolute atomic E-state index is 5.76. The molecular formula is C16H23NO3. The third-order valence-electron chi connectivity index (χ3n) is 4.33. The van der Waals surface area contributed by atoms with Gasteiger partial charge in [-0.05, 0) is 43.5 Å². The van der Waals surface area contributed by atoms with E-state index in [-0.39, 0.29) is 5.79 Å². The average molecular weight is 277 g/mol. The Bertz CT molecular complexity index is 459. The highest BCUT2D eigenvalue weighted by molar-refractivity contribution is 5.51. The largest absolute Gasteiger partial charge is 0.496 e. The molecule has 4 nitrogen and oxygen atoms in total.